The first-order valence-electron chi connectivity index (χ1n) is 10.1. The largest absolute Gasteiger partial charge is 0.270 e. The molecule has 0 radical (unpaired) electrons. The Bertz CT molecular complexity index is 1710. The predicted octanol–water partition coefficient (Wildman–Crippen LogP) is 3.38. The van der Waals surface area contributed by atoms with E-state index in [9.17, 15) is 9.59 Å². The molecule has 8 heteroatoms. The van der Waals surface area contributed by atoms with Gasteiger partial charge in [-0.1, -0.05) is 36.4 Å². The number of fused-ring (bicyclic) bond motifs is 5. The fourth-order valence-corrected chi connectivity index (χ4v) is 4.05. The van der Waals surface area contributed by atoms with E-state index in [1.165, 1.54) is 6.20 Å². The predicted molar refractivity (Wildman–Crippen MR) is 120 cm³/mol. The van der Waals surface area contributed by atoms with Crippen LogP contribution in [-0.4, -0.2) is 34.9 Å². The molecule has 0 saturated carbocycles. The first kappa shape index (κ1) is 18.2. The van der Waals surface area contributed by atoms with Crippen LogP contribution < -0.4 is 5.56 Å². The maximum Gasteiger partial charge on any atom is 0.270 e. The minimum atomic E-state index is -0.442. The van der Waals surface area contributed by atoms with E-state index in [0.717, 1.165) is 10.3 Å². The molecule has 2 aromatic carbocycles. The number of rotatable bonds is 2. The lowest BCUT2D eigenvalue weighted by Crippen LogP contribution is -2.29. The van der Waals surface area contributed by atoms with E-state index in [1.807, 2.05) is 43.3 Å². The fraction of sp³-hybridized carbons (Fsp3) is 0.0417. The van der Waals surface area contributed by atoms with Crippen molar-refractivity contribution in [3.63, 3.8) is 0 Å². The number of hydrogen-bond donors (Lipinski definition) is 0. The second-order valence-electron chi connectivity index (χ2n) is 7.52. The molecule has 4 aromatic heterocycles. The number of aromatic nitrogens is 6. The average molecular weight is 420 g/mol. The zero-order chi connectivity index (χ0) is 21.8. The van der Waals surface area contributed by atoms with Crippen molar-refractivity contribution in [1.29, 1.82) is 0 Å². The molecule has 0 saturated heterocycles. The standard InChI is InChI=1S/C24H16N6O2/c1-15-12-20-28(23(31)16-8-4-2-5-9-16)24(32)19-13-25-22-18(21(19)30(20)27-15)14-26-29(22)17-10-6-3-7-11-17/h2-14H,1H3. The minimum absolute atomic E-state index is 0.296. The number of para-hydroxylation sites is 1. The van der Waals surface area contributed by atoms with Crippen LogP contribution in [0.4, 0.5) is 0 Å². The van der Waals surface area contributed by atoms with Gasteiger partial charge in [0.1, 0.15) is 5.65 Å². The number of hydrogen-bond acceptors (Lipinski definition) is 5. The monoisotopic (exact) mass is 420 g/mol. The van der Waals surface area contributed by atoms with Crippen LogP contribution in [0.5, 0.6) is 0 Å². The highest BCUT2D eigenvalue weighted by Gasteiger charge is 2.22. The quantitative estimate of drug-likeness (QED) is 0.429. The smallest absolute Gasteiger partial charge is 0.268 e. The van der Waals surface area contributed by atoms with E-state index in [2.05, 4.69) is 15.2 Å². The lowest BCUT2D eigenvalue weighted by molar-refractivity contribution is 0.0960. The third-order valence-corrected chi connectivity index (χ3v) is 5.48. The van der Waals surface area contributed by atoms with Gasteiger partial charge in [0.15, 0.2) is 5.65 Å². The number of nitrogens with zero attached hydrogens (tertiary/aromatic N) is 6. The molecule has 0 unspecified atom stereocenters. The number of benzene rings is 2. The second-order valence-corrected chi connectivity index (χ2v) is 7.52. The van der Waals surface area contributed by atoms with Gasteiger partial charge in [-0.3, -0.25) is 9.59 Å². The SMILES string of the molecule is Cc1cc2n(C(=O)c3ccccc3)c(=O)c3cnc4c(cnn4-c4ccccc4)c3n2n1. The van der Waals surface area contributed by atoms with Crippen LogP contribution in [-0.2, 0) is 0 Å². The van der Waals surface area contributed by atoms with Gasteiger partial charge in [0.2, 0.25) is 0 Å². The molecule has 4 heterocycles. The zero-order valence-corrected chi connectivity index (χ0v) is 17.0. The lowest BCUT2D eigenvalue weighted by atomic mass is 10.2. The van der Waals surface area contributed by atoms with Gasteiger partial charge in [0.25, 0.3) is 11.5 Å². The molecule has 154 valence electrons. The Morgan fingerprint density at radius 3 is 2.38 bits per heavy atom. The molecule has 6 rings (SSSR count). The molecule has 0 N–H and O–H groups in total. The maximum atomic E-state index is 13.5. The molecular weight excluding hydrogens is 404 g/mol. The molecule has 32 heavy (non-hydrogen) atoms. The minimum Gasteiger partial charge on any atom is -0.268 e. The lowest BCUT2D eigenvalue weighted by Gasteiger charge is -2.10. The van der Waals surface area contributed by atoms with Crippen molar-refractivity contribution in [2.45, 2.75) is 6.92 Å². The summed E-state index contributed by atoms with van der Waals surface area (Å²) in [5.74, 6) is -0.414. The van der Waals surface area contributed by atoms with E-state index >= 15 is 0 Å². The molecule has 6 aromatic rings. The van der Waals surface area contributed by atoms with Crippen LogP contribution in [0.15, 0.2) is 83.9 Å². The first-order valence-corrected chi connectivity index (χ1v) is 10.1. The highest BCUT2D eigenvalue weighted by molar-refractivity contribution is 6.05. The third kappa shape index (κ3) is 2.53. The molecule has 0 amide bonds. The molecule has 0 fully saturated rings. The zero-order valence-electron chi connectivity index (χ0n) is 17.0. The summed E-state index contributed by atoms with van der Waals surface area (Å²) in [6.07, 6.45) is 3.17. The van der Waals surface area contributed by atoms with Gasteiger partial charge in [0.05, 0.1) is 33.9 Å². The van der Waals surface area contributed by atoms with Crippen LogP contribution in [0.25, 0.3) is 33.3 Å². The summed E-state index contributed by atoms with van der Waals surface area (Å²) >= 11 is 0. The fourth-order valence-electron chi connectivity index (χ4n) is 4.05. The molecule has 0 atom stereocenters. The molecule has 0 aliphatic heterocycles. The van der Waals surface area contributed by atoms with Crippen LogP contribution >= 0.6 is 0 Å². The highest BCUT2D eigenvalue weighted by atomic mass is 16.2. The van der Waals surface area contributed by atoms with Crippen molar-refractivity contribution in [3.05, 3.63) is 101 Å². The van der Waals surface area contributed by atoms with Crippen molar-refractivity contribution in [2.24, 2.45) is 0 Å². The van der Waals surface area contributed by atoms with Crippen molar-refractivity contribution >= 4 is 33.5 Å². The summed E-state index contributed by atoms with van der Waals surface area (Å²) in [5, 5.41) is 10.1. The number of carbonyl (C=O) groups excluding carboxylic acids is 1. The normalized spacial score (nSPS) is 11.5. The molecular formula is C24H16N6O2. The number of pyridine rings is 1. The van der Waals surface area contributed by atoms with E-state index in [0.29, 0.717) is 38.8 Å². The van der Waals surface area contributed by atoms with E-state index < -0.39 is 11.5 Å². The molecule has 0 bridgehead atoms. The third-order valence-electron chi connectivity index (χ3n) is 5.48. The summed E-state index contributed by atoms with van der Waals surface area (Å²) in [7, 11) is 0. The van der Waals surface area contributed by atoms with E-state index in [-0.39, 0.29) is 0 Å². The van der Waals surface area contributed by atoms with Gasteiger partial charge in [-0.2, -0.15) is 10.2 Å². The van der Waals surface area contributed by atoms with E-state index in [4.69, 9.17) is 0 Å². The molecule has 0 spiro atoms. The Hall–Kier alpha value is -4.59. The summed E-state index contributed by atoms with van der Waals surface area (Å²) in [6.45, 7) is 1.83. The number of aryl methyl sites for hydroxylation is 1. The van der Waals surface area contributed by atoms with Gasteiger partial charge in [-0.05, 0) is 31.2 Å². The van der Waals surface area contributed by atoms with Gasteiger partial charge >= 0.3 is 0 Å². The summed E-state index contributed by atoms with van der Waals surface area (Å²) < 4.78 is 4.51. The van der Waals surface area contributed by atoms with Crippen LogP contribution in [0.3, 0.4) is 0 Å². The highest BCUT2D eigenvalue weighted by Crippen LogP contribution is 2.25. The molecule has 8 nitrogen and oxygen atoms in total. The van der Waals surface area contributed by atoms with Crippen molar-refractivity contribution in [1.82, 2.24) is 28.9 Å². The van der Waals surface area contributed by atoms with Crippen LogP contribution in [0.2, 0.25) is 0 Å². The van der Waals surface area contributed by atoms with Crippen LogP contribution in [0, 0.1) is 6.92 Å². The first-order chi connectivity index (χ1) is 15.6. The molecule has 0 aliphatic carbocycles. The number of carbonyl (C=O) groups is 1. The second kappa shape index (κ2) is 6.71. The average Bonchev–Trinajstić information content (AvgIpc) is 3.43. The van der Waals surface area contributed by atoms with Gasteiger partial charge in [-0.15, -0.1) is 0 Å². The van der Waals surface area contributed by atoms with Crippen molar-refractivity contribution < 1.29 is 4.79 Å². The van der Waals surface area contributed by atoms with Gasteiger partial charge < -0.3 is 0 Å². The van der Waals surface area contributed by atoms with Gasteiger partial charge in [-0.25, -0.2) is 18.7 Å². The Labute approximate surface area is 181 Å². The Morgan fingerprint density at radius 1 is 0.906 bits per heavy atom. The topological polar surface area (TPSA) is 87.1 Å². The molecule has 0 aliphatic rings. The van der Waals surface area contributed by atoms with Crippen molar-refractivity contribution in [3.8, 4) is 5.69 Å². The maximum absolute atomic E-state index is 13.5. The van der Waals surface area contributed by atoms with Crippen molar-refractivity contribution in [2.75, 3.05) is 0 Å². The van der Waals surface area contributed by atoms with Crippen LogP contribution in [0.1, 0.15) is 16.1 Å². The Balaban J connectivity index is 1.72. The Morgan fingerprint density at radius 2 is 1.62 bits per heavy atom. The summed E-state index contributed by atoms with van der Waals surface area (Å²) in [6, 6.07) is 20.1. The summed E-state index contributed by atoms with van der Waals surface area (Å²) in [5.41, 5.74) is 3.09. The summed E-state index contributed by atoms with van der Waals surface area (Å²) in [4.78, 5) is 31.3. The van der Waals surface area contributed by atoms with E-state index in [1.54, 1.807) is 45.7 Å². The Kier molecular flexibility index (Phi) is 3.82. The van der Waals surface area contributed by atoms with Gasteiger partial charge in [0, 0.05) is 17.8 Å².